The molecule has 1 aliphatic rings. The van der Waals surface area contributed by atoms with E-state index in [2.05, 4.69) is 16.0 Å². The minimum absolute atomic E-state index is 0.0675. The van der Waals surface area contributed by atoms with Gasteiger partial charge in [0.2, 0.25) is 11.8 Å². The van der Waals surface area contributed by atoms with Gasteiger partial charge in [0, 0.05) is 24.6 Å². The van der Waals surface area contributed by atoms with Crippen LogP contribution < -0.4 is 16.0 Å². The molecule has 4 rings (SSSR count). The molecule has 3 N–H and O–H groups in total. The first-order chi connectivity index (χ1) is 16.6. The number of anilines is 1. The van der Waals surface area contributed by atoms with Crippen LogP contribution in [0.4, 0.5) is 5.69 Å². The Hall–Kier alpha value is -3.45. The van der Waals surface area contributed by atoms with Crippen LogP contribution in [-0.2, 0) is 22.6 Å². The number of carbonyl (C=O) groups excluding carboxylic acids is 3. The zero-order valence-electron chi connectivity index (χ0n) is 19.0. The van der Waals surface area contributed by atoms with Gasteiger partial charge in [-0.2, -0.15) is 0 Å². The van der Waals surface area contributed by atoms with Gasteiger partial charge >= 0.3 is 0 Å². The van der Waals surface area contributed by atoms with E-state index in [4.69, 9.17) is 0 Å². The molecular weight excluding hydrogens is 446 g/mol. The van der Waals surface area contributed by atoms with Crippen LogP contribution >= 0.6 is 11.3 Å². The Balaban J connectivity index is 1.38. The predicted molar refractivity (Wildman–Crippen MR) is 135 cm³/mol. The molecule has 1 fully saturated rings. The maximum atomic E-state index is 13.1. The molecule has 0 bridgehead atoms. The number of carbonyl (C=O) groups is 3. The van der Waals surface area contributed by atoms with Crippen LogP contribution in [0.1, 0.15) is 46.5 Å². The number of hydrogen-bond donors (Lipinski definition) is 3. The van der Waals surface area contributed by atoms with E-state index in [0.29, 0.717) is 17.8 Å². The molecule has 1 unspecified atom stereocenters. The lowest BCUT2D eigenvalue weighted by molar-refractivity contribution is -0.123. The average Bonchev–Trinajstić information content (AvgIpc) is 3.58. The van der Waals surface area contributed by atoms with Gasteiger partial charge in [-0.3, -0.25) is 14.4 Å². The van der Waals surface area contributed by atoms with Gasteiger partial charge in [0.1, 0.15) is 6.04 Å². The smallest absolute Gasteiger partial charge is 0.262 e. The maximum absolute atomic E-state index is 13.1. The summed E-state index contributed by atoms with van der Waals surface area (Å²) in [5.41, 5.74) is 2.57. The van der Waals surface area contributed by atoms with Crippen molar-refractivity contribution in [3.05, 3.63) is 88.1 Å². The van der Waals surface area contributed by atoms with Gasteiger partial charge in [0.25, 0.3) is 5.91 Å². The Morgan fingerprint density at radius 1 is 0.912 bits per heavy atom. The third kappa shape index (κ3) is 6.54. The van der Waals surface area contributed by atoms with Crippen LogP contribution in [-0.4, -0.2) is 23.8 Å². The molecule has 6 nitrogen and oxygen atoms in total. The fourth-order valence-corrected chi connectivity index (χ4v) is 4.83. The summed E-state index contributed by atoms with van der Waals surface area (Å²) < 4.78 is 0. The van der Waals surface area contributed by atoms with Crippen molar-refractivity contribution in [2.45, 2.75) is 44.7 Å². The second kappa shape index (κ2) is 11.6. The molecule has 176 valence electrons. The summed E-state index contributed by atoms with van der Waals surface area (Å²) in [7, 11) is 0. The molecule has 1 aliphatic carbocycles. The van der Waals surface area contributed by atoms with E-state index >= 15 is 0 Å². The minimum Gasteiger partial charge on any atom is -0.350 e. The minimum atomic E-state index is -0.706. The van der Waals surface area contributed by atoms with Crippen LogP contribution in [0, 0.1) is 5.92 Å². The van der Waals surface area contributed by atoms with Gasteiger partial charge in [-0.25, -0.2) is 0 Å². The predicted octanol–water partition coefficient (Wildman–Crippen LogP) is 4.53. The summed E-state index contributed by atoms with van der Waals surface area (Å²) in [6.45, 7) is 0.298. The molecule has 0 aliphatic heterocycles. The van der Waals surface area contributed by atoms with E-state index in [0.717, 1.165) is 42.5 Å². The Morgan fingerprint density at radius 3 is 2.41 bits per heavy atom. The maximum Gasteiger partial charge on any atom is 0.262 e. The van der Waals surface area contributed by atoms with Crippen LogP contribution in [0.5, 0.6) is 0 Å². The number of benzene rings is 2. The van der Waals surface area contributed by atoms with Crippen molar-refractivity contribution in [1.82, 2.24) is 10.6 Å². The summed E-state index contributed by atoms with van der Waals surface area (Å²) in [6, 6.07) is 20.0. The van der Waals surface area contributed by atoms with Crippen LogP contribution in [0.25, 0.3) is 0 Å². The molecule has 34 heavy (non-hydrogen) atoms. The van der Waals surface area contributed by atoms with Crippen molar-refractivity contribution in [1.29, 1.82) is 0 Å². The Bertz CT molecular complexity index is 1110. The summed E-state index contributed by atoms with van der Waals surface area (Å²) in [5, 5.41) is 10.7. The molecule has 1 atom stereocenters. The molecular formula is C27H29N3O3S. The van der Waals surface area contributed by atoms with Gasteiger partial charge in [0.05, 0.1) is 4.88 Å². The Labute approximate surface area is 203 Å². The zero-order valence-corrected chi connectivity index (χ0v) is 19.8. The van der Waals surface area contributed by atoms with Crippen molar-refractivity contribution >= 4 is 34.7 Å². The highest BCUT2D eigenvalue weighted by Crippen LogP contribution is 2.26. The highest BCUT2D eigenvalue weighted by molar-refractivity contribution is 7.12. The van der Waals surface area contributed by atoms with Crippen LogP contribution in [0.2, 0.25) is 0 Å². The van der Waals surface area contributed by atoms with E-state index in [9.17, 15) is 14.4 Å². The number of thiophene rings is 1. The quantitative estimate of drug-likeness (QED) is 0.425. The average molecular weight is 476 g/mol. The fraction of sp³-hybridized carbons (Fsp3) is 0.296. The summed E-state index contributed by atoms with van der Waals surface area (Å²) in [6.07, 6.45) is 4.50. The molecule has 1 aromatic heterocycles. The molecule has 1 saturated carbocycles. The highest BCUT2D eigenvalue weighted by atomic mass is 32.1. The summed E-state index contributed by atoms with van der Waals surface area (Å²) in [5.74, 6) is -0.358. The lowest BCUT2D eigenvalue weighted by Gasteiger charge is -2.19. The molecule has 1 heterocycles. The topological polar surface area (TPSA) is 87.3 Å². The SMILES string of the molecule is O=C(NC(Cc1ccccc1)C(=O)NCc1cccc(NC(=O)C2CCCC2)c1)c1cccs1. The summed E-state index contributed by atoms with van der Waals surface area (Å²) in [4.78, 5) is 38.7. The monoisotopic (exact) mass is 475 g/mol. The largest absolute Gasteiger partial charge is 0.350 e. The lowest BCUT2D eigenvalue weighted by atomic mass is 10.0. The Morgan fingerprint density at radius 2 is 1.68 bits per heavy atom. The van der Waals surface area contributed by atoms with Crippen molar-refractivity contribution in [2.75, 3.05) is 5.32 Å². The van der Waals surface area contributed by atoms with Crippen molar-refractivity contribution < 1.29 is 14.4 Å². The van der Waals surface area contributed by atoms with E-state index in [-0.39, 0.29) is 23.6 Å². The molecule has 0 radical (unpaired) electrons. The van der Waals surface area contributed by atoms with Gasteiger partial charge in [-0.15, -0.1) is 11.3 Å². The second-order valence-corrected chi connectivity index (χ2v) is 9.53. The summed E-state index contributed by atoms with van der Waals surface area (Å²) >= 11 is 1.34. The third-order valence-corrected chi connectivity index (χ3v) is 6.91. The van der Waals surface area contributed by atoms with E-state index in [1.54, 1.807) is 6.07 Å². The standard InChI is InChI=1S/C27H29N3O3S/c31-25(21-11-4-5-12-21)29-22-13-6-10-20(16-22)18-28-26(32)23(17-19-8-2-1-3-9-19)30-27(33)24-14-7-15-34-24/h1-3,6-10,13-16,21,23H,4-5,11-12,17-18H2,(H,28,32)(H,29,31)(H,30,33). The number of rotatable bonds is 9. The first-order valence-corrected chi connectivity index (χ1v) is 12.5. The van der Waals surface area contributed by atoms with E-state index in [1.807, 2.05) is 66.0 Å². The number of amides is 3. The lowest BCUT2D eigenvalue weighted by Crippen LogP contribution is -2.47. The molecule has 0 spiro atoms. The molecule has 7 heteroatoms. The van der Waals surface area contributed by atoms with Gasteiger partial charge in [-0.1, -0.05) is 61.4 Å². The van der Waals surface area contributed by atoms with Crippen molar-refractivity contribution in [2.24, 2.45) is 5.92 Å². The molecule has 3 aromatic rings. The number of nitrogens with one attached hydrogen (secondary N) is 3. The van der Waals surface area contributed by atoms with E-state index in [1.165, 1.54) is 11.3 Å². The van der Waals surface area contributed by atoms with Crippen molar-refractivity contribution in [3.8, 4) is 0 Å². The first kappa shape index (κ1) is 23.7. The van der Waals surface area contributed by atoms with E-state index < -0.39 is 6.04 Å². The van der Waals surface area contributed by atoms with Crippen LogP contribution in [0.15, 0.2) is 72.1 Å². The van der Waals surface area contributed by atoms with Gasteiger partial charge in [0.15, 0.2) is 0 Å². The van der Waals surface area contributed by atoms with Crippen LogP contribution in [0.3, 0.4) is 0 Å². The Kier molecular flexibility index (Phi) is 8.09. The third-order valence-electron chi connectivity index (χ3n) is 6.04. The zero-order chi connectivity index (χ0) is 23.8. The molecule has 2 aromatic carbocycles. The van der Waals surface area contributed by atoms with Crippen molar-refractivity contribution in [3.63, 3.8) is 0 Å². The normalized spacial score (nSPS) is 14.4. The first-order valence-electron chi connectivity index (χ1n) is 11.6. The number of hydrogen-bond acceptors (Lipinski definition) is 4. The van der Waals surface area contributed by atoms with Gasteiger partial charge in [-0.05, 0) is 47.5 Å². The fourth-order valence-electron chi connectivity index (χ4n) is 4.20. The molecule has 3 amide bonds. The second-order valence-electron chi connectivity index (χ2n) is 8.58. The van der Waals surface area contributed by atoms with Gasteiger partial charge < -0.3 is 16.0 Å². The highest BCUT2D eigenvalue weighted by Gasteiger charge is 2.23. The molecule has 0 saturated heterocycles.